The van der Waals surface area contributed by atoms with Gasteiger partial charge in [-0.25, -0.2) is 0 Å². The van der Waals surface area contributed by atoms with Crippen molar-refractivity contribution in [2.45, 2.75) is 44.6 Å². The number of hydrogen-bond donors (Lipinski definition) is 1. The second kappa shape index (κ2) is 11.0. The Labute approximate surface area is 197 Å². The van der Waals surface area contributed by atoms with Gasteiger partial charge in [0, 0.05) is 37.0 Å². The van der Waals surface area contributed by atoms with Crippen molar-refractivity contribution in [3.63, 3.8) is 0 Å². The lowest BCUT2D eigenvalue weighted by Gasteiger charge is -2.21. The van der Waals surface area contributed by atoms with E-state index in [1.54, 1.807) is 19.1 Å². The molecule has 174 valence electrons. The molecular weight excluding hydrogens is 440 g/mol. The molecule has 1 heterocycles. The summed E-state index contributed by atoms with van der Waals surface area (Å²) in [6, 6.07) is 14.3. The number of para-hydroxylation sites is 2. The number of anilines is 2. The molecule has 0 bridgehead atoms. The summed E-state index contributed by atoms with van der Waals surface area (Å²) in [5, 5.41) is 22.6. The maximum atomic E-state index is 12.7. The molecule has 1 aromatic heterocycles. The Bertz CT molecular complexity index is 1110. The minimum atomic E-state index is -0.530. The topological polar surface area (TPSA) is 106 Å². The maximum Gasteiger partial charge on any atom is 0.292 e. The van der Waals surface area contributed by atoms with Gasteiger partial charge >= 0.3 is 0 Å². The molecular formula is C23H28N6O3S. The molecule has 0 fully saturated rings. The zero-order chi connectivity index (χ0) is 24.0. The summed E-state index contributed by atoms with van der Waals surface area (Å²) in [4.78, 5) is 25.7. The van der Waals surface area contributed by atoms with Gasteiger partial charge in [-0.15, -0.1) is 10.2 Å². The minimum Gasteiger partial charge on any atom is -0.372 e. The van der Waals surface area contributed by atoms with Gasteiger partial charge in [0.25, 0.3) is 5.69 Å². The van der Waals surface area contributed by atoms with E-state index in [1.165, 1.54) is 23.9 Å². The predicted octanol–water partition coefficient (Wildman–Crippen LogP) is 4.84. The van der Waals surface area contributed by atoms with Crippen LogP contribution < -0.4 is 10.2 Å². The van der Waals surface area contributed by atoms with Crippen LogP contribution in [0.15, 0.2) is 53.7 Å². The first-order chi connectivity index (χ1) is 15.9. The van der Waals surface area contributed by atoms with Gasteiger partial charge in [-0.2, -0.15) is 0 Å². The monoisotopic (exact) mass is 468 g/mol. The van der Waals surface area contributed by atoms with E-state index in [2.05, 4.69) is 46.4 Å². The summed E-state index contributed by atoms with van der Waals surface area (Å²) in [6.07, 6.45) is 0. The Morgan fingerprint density at radius 2 is 1.79 bits per heavy atom. The van der Waals surface area contributed by atoms with E-state index in [0.717, 1.165) is 30.2 Å². The molecule has 1 atom stereocenters. The first kappa shape index (κ1) is 24.2. The van der Waals surface area contributed by atoms with Crippen molar-refractivity contribution in [1.29, 1.82) is 0 Å². The van der Waals surface area contributed by atoms with Gasteiger partial charge in [0.15, 0.2) is 11.0 Å². The zero-order valence-corrected chi connectivity index (χ0v) is 20.0. The highest BCUT2D eigenvalue weighted by atomic mass is 32.2. The van der Waals surface area contributed by atoms with Crippen LogP contribution in [0.1, 0.15) is 27.7 Å². The third-order valence-electron chi connectivity index (χ3n) is 5.30. The molecule has 0 saturated heterocycles. The van der Waals surface area contributed by atoms with Crippen molar-refractivity contribution in [3.8, 4) is 11.4 Å². The van der Waals surface area contributed by atoms with Crippen LogP contribution in [0.2, 0.25) is 0 Å². The highest BCUT2D eigenvalue weighted by Gasteiger charge is 2.23. The molecule has 0 radical (unpaired) electrons. The van der Waals surface area contributed by atoms with Gasteiger partial charge in [0.1, 0.15) is 5.69 Å². The van der Waals surface area contributed by atoms with Crippen molar-refractivity contribution in [2.75, 3.05) is 23.3 Å². The average molecular weight is 469 g/mol. The summed E-state index contributed by atoms with van der Waals surface area (Å²) < 4.78 is 1.96. The number of thioether (sulfide) groups is 1. The Kier molecular flexibility index (Phi) is 8.05. The van der Waals surface area contributed by atoms with E-state index in [1.807, 2.05) is 23.6 Å². The molecule has 9 nitrogen and oxygen atoms in total. The van der Waals surface area contributed by atoms with Gasteiger partial charge in [-0.1, -0.05) is 23.9 Å². The van der Waals surface area contributed by atoms with E-state index >= 15 is 0 Å². The standard InChI is InChI=1S/C23H28N6O3S/c1-5-27(6-2)18-14-12-17(13-15-18)21-25-26-23(28(21)7-3)33-16(4)22(30)24-19-10-8-9-11-20(19)29(31)32/h8-16H,5-7H2,1-4H3,(H,24,30). The van der Waals surface area contributed by atoms with Crippen LogP contribution in [0.3, 0.4) is 0 Å². The summed E-state index contributed by atoms with van der Waals surface area (Å²) in [7, 11) is 0. The second-order valence-electron chi connectivity index (χ2n) is 7.29. The van der Waals surface area contributed by atoms with Crippen LogP contribution >= 0.6 is 11.8 Å². The molecule has 33 heavy (non-hydrogen) atoms. The van der Waals surface area contributed by atoms with Crippen molar-refractivity contribution in [3.05, 3.63) is 58.6 Å². The lowest BCUT2D eigenvalue weighted by molar-refractivity contribution is -0.383. The number of nitrogens with one attached hydrogen (secondary N) is 1. The van der Waals surface area contributed by atoms with E-state index in [4.69, 9.17) is 0 Å². The molecule has 1 N–H and O–H groups in total. The van der Waals surface area contributed by atoms with Crippen LogP contribution in [0.4, 0.5) is 17.1 Å². The van der Waals surface area contributed by atoms with Crippen molar-refractivity contribution in [2.24, 2.45) is 0 Å². The summed E-state index contributed by atoms with van der Waals surface area (Å²) in [5.41, 5.74) is 2.13. The quantitative estimate of drug-likeness (QED) is 0.258. The average Bonchev–Trinajstić information content (AvgIpc) is 3.22. The van der Waals surface area contributed by atoms with Crippen LogP contribution in [-0.4, -0.2) is 43.9 Å². The molecule has 1 unspecified atom stereocenters. The Morgan fingerprint density at radius 1 is 1.12 bits per heavy atom. The molecule has 0 spiro atoms. The van der Waals surface area contributed by atoms with Gasteiger partial charge in [0.2, 0.25) is 5.91 Å². The molecule has 10 heteroatoms. The minimum absolute atomic E-state index is 0.143. The fraction of sp³-hybridized carbons (Fsp3) is 0.348. The van der Waals surface area contributed by atoms with Crippen molar-refractivity contribution < 1.29 is 9.72 Å². The fourth-order valence-electron chi connectivity index (χ4n) is 3.47. The highest BCUT2D eigenvalue weighted by Crippen LogP contribution is 2.29. The summed E-state index contributed by atoms with van der Waals surface area (Å²) in [5.74, 6) is 0.391. The number of amides is 1. The molecule has 0 aliphatic heterocycles. The van der Waals surface area contributed by atoms with Crippen molar-refractivity contribution >= 4 is 34.7 Å². The number of carbonyl (C=O) groups excluding carboxylic acids is 1. The molecule has 0 saturated carbocycles. The molecule has 0 aliphatic carbocycles. The fourth-order valence-corrected chi connectivity index (χ4v) is 4.38. The number of carbonyl (C=O) groups is 1. The number of rotatable bonds is 10. The van der Waals surface area contributed by atoms with Crippen LogP contribution in [0.25, 0.3) is 11.4 Å². The lowest BCUT2D eigenvalue weighted by Crippen LogP contribution is -2.23. The Morgan fingerprint density at radius 3 is 2.39 bits per heavy atom. The number of nitro groups is 1. The third kappa shape index (κ3) is 5.51. The second-order valence-corrected chi connectivity index (χ2v) is 8.60. The lowest BCUT2D eigenvalue weighted by atomic mass is 10.2. The Hall–Kier alpha value is -3.40. The van der Waals surface area contributed by atoms with E-state index < -0.39 is 10.2 Å². The zero-order valence-electron chi connectivity index (χ0n) is 19.2. The van der Waals surface area contributed by atoms with E-state index in [-0.39, 0.29) is 17.3 Å². The first-order valence-electron chi connectivity index (χ1n) is 10.9. The van der Waals surface area contributed by atoms with E-state index in [9.17, 15) is 14.9 Å². The van der Waals surface area contributed by atoms with Gasteiger partial charge in [-0.3, -0.25) is 14.9 Å². The normalized spacial score (nSPS) is 11.8. The summed E-state index contributed by atoms with van der Waals surface area (Å²) >= 11 is 1.27. The molecule has 0 aliphatic rings. The SMILES string of the molecule is CCN(CC)c1ccc(-c2nnc(SC(C)C(=O)Nc3ccccc3[N+](=O)[O-])n2CC)cc1. The van der Waals surface area contributed by atoms with Gasteiger partial charge in [-0.05, 0) is 58.0 Å². The largest absolute Gasteiger partial charge is 0.372 e. The summed E-state index contributed by atoms with van der Waals surface area (Å²) in [6.45, 7) is 10.5. The van der Waals surface area contributed by atoms with Crippen molar-refractivity contribution in [1.82, 2.24) is 14.8 Å². The van der Waals surface area contributed by atoms with Crippen LogP contribution in [0, 0.1) is 10.1 Å². The van der Waals surface area contributed by atoms with Crippen LogP contribution in [-0.2, 0) is 11.3 Å². The molecule has 1 amide bonds. The number of nitrogens with zero attached hydrogens (tertiary/aromatic N) is 5. The van der Waals surface area contributed by atoms with Gasteiger partial charge < -0.3 is 14.8 Å². The van der Waals surface area contributed by atoms with Crippen LogP contribution in [0.5, 0.6) is 0 Å². The number of benzene rings is 2. The van der Waals surface area contributed by atoms with Gasteiger partial charge in [0.05, 0.1) is 10.2 Å². The number of aromatic nitrogens is 3. The Balaban J connectivity index is 1.76. The third-order valence-corrected chi connectivity index (χ3v) is 6.38. The highest BCUT2D eigenvalue weighted by molar-refractivity contribution is 8.00. The molecule has 3 rings (SSSR count). The molecule has 3 aromatic rings. The molecule has 2 aromatic carbocycles. The predicted molar refractivity (Wildman–Crippen MR) is 132 cm³/mol. The number of hydrogen-bond acceptors (Lipinski definition) is 7. The smallest absolute Gasteiger partial charge is 0.292 e. The maximum absolute atomic E-state index is 12.7. The van der Waals surface area contributed by atoms with E-state index in [0.29, 0.717) is 11.7 Å². The number of nitro benzene ring substituents is 1. The first-order valence-corrected chi connectivity index (χ1v) is 11.8.